The molecule has 1 aliphatic heterocycles. The minimum absolute atomic E-state index is 0.560. The number of aliphatic hydroxyl groups is 2. The highest BCUT2D eigenvalue weighted by Gasteiger charge is 2.46. The van der Waals surface area contributed by atoms with E-state index in [4.69, 9.17) is 30.7 Å². The molecule has 18 heavy (non-hydrogen) atoms. The quantitative estimate of drug-likeness (QED) is 0.274. The van der Waals surface area contributed by atoms with Gasteiger partial charge in [0.25, 0.3) is 0 Å². The number of nitrogens with two attached hydrogens (primary N) is 1. The fourth-order valence-corrected chi connectivity index (χ4v) is 1.65. The number of rotatable bonds is 5. The maximum atomic E-state index is 10.7. The minimum atomic E-state index is -1.34. The van der Waals surface area contributed by atoms with E-state index < -0.39 is 49.3 Å². The summed E-state index contributed by atoms with van der Waals surface area (Å²) in [6.45, 7) is 0.703. The fourth-order valence-electron chi connectivity index (χ4n) is 1.65. The Kier molecular flexibility index (Phi) is 5.41. The Hall–Kier alpha value is -0.810. The van der Waals surface area contributed by atoms with E-state index >= 15 is 0 Å². The van der Waals surface area contributed by atoms with Crippen molar-refractivity contribution in [1.82, 2.24) is 0 Å². The molecule has 0 aromatic carbocycles. The minimum Gasteiger partial charge on any atom is -0.479 e. The van der Waals surface area contributed by atoms with Gasteiger partial charge in [-0.15, -0.1) is 0 Å². The molecule has 6 N–H and O–H groups in total. The van der Waals surface area contributed by atoms with Crippen molar-refractivity contribution < 1.29 is 39.7 Å². The number of carboxylic acids is 1. The van der Waals surface area contributed by atoms with Gasteiger partial charge in [-0.3, -0.25) is 0 Å². The molecule has 1 saturated heterocycles. The predicted molar refractivity (Wildman–Crippen MR) is 55.4 cm³/mol. The molecule has 1 fully saturated rings. The van der Waals surface area contributed by atoms with Gasteiger partial charge in [0.2, 0.25) is 6.29 Å². The highest BCUT2D eigenvalue weighted by Crippen LogP contribution is 2.23. The fraction of sp³-hybridized carbons (Fsp3) is 0.889. The summed E-state index contributed by atoms with van der Waals surface area (Å²) in [6.07, 6.45) is -6.12. The van der Waals surface area contributed by atoms with Crippen molar-refractivity contribution in [1.29, 1.82) is 0 Å². The molecule has 0 bridgehead atoms. The van der Waals surface area contributed by atoms with E-state index in [-0.39, 0.29) is 0 Å². The molecule has 106 valence electrons. The summed E-state index contributed by atoms with van der Waals surface area (Å²) in [5.74, 6) is -1.23. The van der Waals surface area contributed by atoms with Crippen LogP contribution in [0.5, 0.6) is 0 Å². The van der Waals surface area contributed by atoms with Crippen molar-refractivity contribution in [3.8, 4) is 0 Å². The molecular formula is C9H17NO8. The number of carboxylic acid groups (broad SMARTS) is 1. The van der Waals surface area contributed by atoms with Crippen molar-refractivity contribution in [3.63, 3.8) is 0 Å². The summed E-state index contributed by atoms with van der Waals surface area (Å²) in [4.78, 5) is 14.6. The number of ether oxygens (including phenoxy) is 2. The third kappa shape index (κ3) is 3.14. The lowest BCUT2D eigenvalue weighted by molar-refractivity contribution is -0.388. The third-order valence-electron chi connectivity index (χ3n) is 2.71. The van der Waals surface area contributed by atoms with Gasteiger partial charge >= 0.3 is 5.97 Å². The molecule has 9 heteroatoms. The van der Waals surface area contributed by atoms with Gasteiger partial charge < -0.3 is 30.5 Å². The molecular weight excluding hydrogens is 250 g/mol. The number of hydrogen-bond donors (Lipinski definition) is 5. The Labute approximate surface area is 103 Å². The monoisotopic (exact) mass is 267 g/mol. The van der Waals surface area contributed by atoms with Crippen LogP contribution in [0.1, 0.15) is 6.92 Å². The molecule has 0 spiro atoms. The molecule has 1 aliphatic rings. The van der Waals surface area contributed by atoms with Crippen LogP contribution >= 0.6 is 0 Å². The summed E-state index contributed by atoms with van der Waals surface area (Å²) >= 11 is 0. The van der Waals surface area contributed by atoms with Crippen LogP contribution in [-0.2, 0) is 19.2 Å². The second-order valence-electron chi connectivity index (χ2n) is 3.98. The van der Waals surface area contributed by atoms with E-state index in [1.807, 2.05) is 0 Å². The van der Waals surface area contributed by atoms with E-state index in [0.717, 1.165) is 0 Å². The number of carbonyl (C=O) groups is 1. The average Bonchev–Trinajstić information content (AvgIpc) is 2.34. The molecule has 0 aromatic rings. The SMILES string of the molecule is C[C@@H](O[C@H]1[C@H](O)[C@@H](CO)OC(OO)[C@@H]1N)C(=O)O. The van der Waals surface area contributed by atoms with Crippen LogP contribution in [0.3, 0.4) is 0 Å². The molecule has 0 aliphatic carbocycles. The predicted octanol–water partition coefficient (Wildman–Crippen LogP) is -2.26. The van der Waals surface area contributed by atoms with Crippen molar-refractivity contribution in [2.75, 3.05) is 6.61 Å². The van der Waals surface area contributed by atoms with E-state index in [1.54, 1.807) is 0 Å². The maximum Gasteiger partial charge on any atom is 0.332 e. The van der Waals surface area contributed by atoms with Gasteiger partial charge in [-0.2, -0.15) is 0 Å². The van der Waals surface area contributed by atoms with E-state index in [0.29, 0.717) is 0 Å². The molecule has 0 amide bonds. The van der Waals surface area contributed by atoms with Crippen molar-refractivity contribution in [3.05, 3.63) is 0 Å². The summed E-state index contributed by atoms with van der Waals surface area (Å²) in [5, 5.41) is 36.1. The maximum absolute atomic E-state index is 10.7. The Morgan fingerprint density at radius 3 is 2.61 bits per heavy atom. The van der Waals surface area contributed by atoms with Crippen LogP contribution in [0.4, 0.5) is 0 Å². The molecule has 9 nitrogen and oxygen atoms in total. The molecule has 0 radical (unpaired) electrons. The van der Waals surface area contributed by atoms with Crippen LogP contribution in [0.25, 0.3) is 0 Å². The summed E-state index contributed by atoms with van der Waals surface area (Å²) in [7, 11) is 0. The van der Waals surface area contributed by atoms with Gasteiger partial charge in [0.1, 0.15) is 18.3 Å². The zero-order valence-electron chi connectivity index (χ0n) is 9.67. The third-order valence-corrected chi connectivity index (χ3v) is 2.71. The van der Waals surface area contributed by atoms with Gasteiger partial charge in [-0.05, 0) is 6.92 Å². The average molecular weight is 267 g/mol. The topological polar surface area (TPSA) is 152 Å². The van der Waals surface area contributed by atoms with Crippen LogP contribution in [-0.4, -0.2) is 69.9 Å². The van der Waals surface area contributed by atoms with Gasteiger partial charge in [-0.1, -0.05) is 0 Å². The van der Waals surface area contributed by atoms with Crippen molar-refractivity contribution >= 4 is 5.97 Å². The van der Waals surface area contributed by atoms with Gasteiger partial charge in [0.05, 0.1) is 12.6 Å². The summed E-state index contributed by atoms with van der Waals surface area (Å²) < 4.78 is 10.0. The largest absolute Gasteiger partial charge is 0.479 e. The van der Waals surface area contributed by atoms with E-state index in [2.05, 4.69) is 4.89 Å². The number of aliphatic hydroxyl groups excluding tert-OH is 2. The van der Waals surface area contributed by atoms with Gasteiger partial charge in [-0.25, -0.2) is 14.9 Å². The Balaban J connectivity index is 2.79. The lowest BCUT2D eigenvalue weighted by Crippen LogP contribution is -2.64. The van der Waals surface area contributed by atoms with Gasteiger partial charge in [0.15, 0.2) is 6.10 Å². The highest BCUT2D eigenvalue weighted by molar-refractivity contribution is 5.71. The summed E-state index contributed by atoms with van der Waals surface area (Å²) in [6, 6.07) is -1.10. The second kappa shape index (κ2) is 6.38. The zero-order chi connectivity index (χ0) is 13.9. The molecule has 1 rings (SSSR count). The number of aliphatic carboxylic acids is 1. The highest BCUT2D eigenvalue weighted by atomic mass is 17.1. The molecule has 0 aromatic heterocycles. The van der Waals surface area contributed by atoms with E-state index in [1.165, 1.54) is 6.92 Å². The smallest absolute Gasteiger partial charge is 0.332 e. The lowest BCUT2D eigenvalue weighted by atomic mass is 9.97. The van der Waals surface area contributed by atoms with Crippen LogP contribution in [0, 0.1) is 0 Å². The molecule has 1 unspecified atom stereocenters. The Morgan fingerprint density at radius 1 is 1.56 bits per heavy atom. The molecule has 0 saturated carbocycles. The van der Waals surface area contributed by atoms with Crippen LogP contribution in [0.15, 0.2) is 0 Å². The second-order valence-corrected chi connectivity index (χ2v) is 3.98. The molecule has 6 atom stereocenters. The Morgan fingerprint density at radius 2 is 2.17 bits per heavy atom. The normalized spacial score (nSPS) is 38.4. The van der Waals surface area contributed by atoms with Crippen molar-refractivity contribution in [2.45, 2.75) is 43.7 Å². The Bertz CT molecular complexity index is 272. The van der Waals surface area contributed by atoms with Gasteiger partial charge in [0, 0.05) is 0 Å². The number of hydrogen-bond acceptors (Lipinski definition) is 8. The first-order valence-electron chi connectivity index (χ1n) is 5.30. The van der Waals surface area contributed by atoms with E-state index in [9.17, 15) is 9.90 Å². The van der Waals surface area contributed by atoms with Crippen LogP contribution < -0.4 is 5.73 Å². The summed E-state index contributed by atoms with van der Waals surface area (Å²) in [5.41, 5.74) is 5.62. The lowest BCUT2D eigenvalue weighted by Gasteiger charge is -2.41. The first-order chi connectivity index (χ1) is 8.42. The standard InChI is InChI=1S/C9H17NO8/c1-3(8(13)14)16-7-5(10)9(18-15)17-4(2-11)6(7)12/h3-7,9,11-12,15H,2,10H2,1H3,(H,13,14)/t3-,4-,5-,6-,7-,9?/m1/s1. The first kappa shape index (κ1) is 15.2. The van der Waals surface area contributed by atoms with Crippen LogP contribution in [0.2, 0.25) is 0 Å². The molecule has 1 heterocycles. The first-order valence-corrected chi connectivity index (χ1v) is 5.30. The van der Waals surface area contributed by atoms with Crippen molar-refractivity contribution in [2.24, 2.45) is 5.73 Å². The zero-order valence-corrected chi connectivity index (χ0v) is 9.67.